The first-order valence-electron chi connectivity index (χ1n) is 6.09. The number of hydrogen-bond acceptors (Lipinski definition) is 3. The molecule has 1 rings (SSSR count). The third-order valence-corrected chi connectivity index (χ3v) is 4.38. The first-order valence-corrected chi connectivity index (χ1v) is 7.57. The van der Waals surface area contributed by atoms with Crippen LogP contribution in [0.5, 0.6) is 5.75 Å². The number of rotatable bonds is 7. The number of carbonyl (C=O) groups excluding carboxylic acids is 1. The Morgan fingerprint density at radius 1 is 1.44 bits per heavy atom. The zero-order chi connectivity index (χ0) is 13.5. The number of methoxy groups -OCH3 is 1. The minimum Gasteiger partial charge on any atom is -0.497 e. The molecule has 0 N–H and O–H groups in total. The molecule has 4 heteroatoms. The van der Waals surface area contributed by atoms with Crippen LogP contribution in [0.4, 0.5) is 0 Å². The number of benzene rings is 1. The molecule has 2 unspecified atom stereocenters. The third kappa shape index (κ3) is 4.61. The fourth-order valence-electron chi connectivity index (χ4n) is 1.52. The summed E-state index contributed by atoms with van der Waals surface area (Å²) in [6, 6.07) is 6.96. The second-order valence-electron chi connectivity index (χ2n) is 4.42. The van der Waals surface area contributed by atoms with Gasteiger partial charge in [0.25, 0.3) is 0 Å². The lowest BCUT2D eigenvalue weighted by atomic mass is 10.1. The highest BCUT2D eigenvalue weighted by Gasteiger charge is 2.13. The zero-order valence-corrected chi connectivity index (χ0v) is 12.0. The number of hydrogen-bond donors (Lipinski definition) is 0. The Labute approximate surface area is 111 Å². The highest BCUT2D eigenvalue weighted by atomic mass is 32.2. The lowest BCUT2D eigenvalue weighted by Crippen LogP contribution is -2.16. The van der Waals surface area contributed by atoms with Crippen LogP contribution in [0.2, 0.25) is 0 Å². The van der Waals surface area contributed by atoms with E-state index in [1.54, 1.807) is 31.4 Å². The average molecular weight is 268 g/mol. The Kier molecular flexibility index (Phi) is 6.05. The summed E-state index contributed by atoms with van der Waals surface area (Å²) in [5.74, 6) is 1.64. The highest BCUT2D eigenvalue weighted by molar-refractivity contribution is 7.85. The van der Waals surface area contributed by atoms with Gasteiger partial charge in [0, 0.05) is 22.1 Å². The average Bonchev–Trinajstić information content (AvgIpc) is 2.38. The molecule has 0 amide bonds. The van der Waals surface area contributed by atoms with Crippen LogP contribution in [0.1, 0.15) is 30.6 Å². The van der Waals surface area contributed by atoms with Gasteiger partial charge in [-0.2, -0.15) is 0 Å². The number of ketones is 1. The van der Waals surface area contributed by atoms with Gasteiger partial charge in [0.05, 0.1) is 12.9 Å². The van der Waals surface area contributed by atoms with Crippen molar-refractivity contribution in [2.75, 3.05) is 18.6 Å². The molecule has 0 heterocycles. The van der Waals surface area contributed by atoms with Crippen LogP contribution in [0, 0.1) is 5.92 Å². The van der Waals surface area contributed by atoms with E-state index in [1.807, 2.05) is 6.92 Å². The van der Waals surface area contributed by atoms with Crippen molar-refractivity contribution in [3.63, 3.8) is 0 Å². The molecule has 2 atom stereocenters. The van der Waals surface area contributed by atoms with Crippen LogP contribution in [0.15, 0.2) is 24.3 Å². The summed E-state index contributed by atoms with van der Waals surface area (Å²) in [7, 11) is 0.481. The largest absolute Gasteiger partial charge is 0.497 e. The molecule has 1 aromatic rings. The molecule has 0 aliphatic heterocycles. The molecule has 0 aliphatic carbocycles. The van der Waals surface area contributed by atoms with Gasteiger partial charge < -0.3 is 4.74 Å². The van der Waals surface area contributed by atoms with Crippen LogP contribution in [-0.4, -0.2) is 28.6 Å². The van der Waals surface area contributed by atoms with Crippen molar-refractivity contribution >= 4 is 16.6 Å². The normalized spacial score (nSPS) is 13.9. The fraction of sp³-hybridized carbons (Fsp3) is 0.500. The molecule has 0 saturated heterocycles. The van der Waals surface area contributed by atoms with E-state index in [1.165, 1.54) is 0 Å². The van der Waals surface area contributed by atoms with Crippen molar-refractivity contribution in [1.29, 1.82) is 0 Å². The Bertz CT molecular complexity index is 429. The summed E-state index contributed by atoms with van der Waals surface area (Å²) in [5, 5.41) is 0. The van der Waals surface area contributed by atoms with Gasteiger partial charge in [-0.05, 0) is 18.1 Å². The van der Waals surface area contributed by atoms with Gasteiger partial charge in [0.1, 0.15) is 5.75 Å². The van der Waals surface area contributed by atoms with Crippen molar-refractivity contribution in [2.45, 2.75) is 20.3 Å². The van der Waals surface area contributed by atoms with E-state index < -0.39 is 10.8 Å². The van der Waals surface area contributed by atoms with Crippen molar-refractivity contribution in [3.05, 3.63) is 29.8 Å². The lowest BCUT2D eigenvalue weighted by molar-refractivity contribution is 0.102. The molecule has 1 aromatic carbocycles. The first-order chi connectivity index (χ1) is 8.56. The van der Waals surface area contributed by atoms with E-state index in [2.05, 4.69) is 6.92 Å². The van der Waals surface area contributed by atoms with E-state index in [0.29, 0.717) is 23.0 Å². The summed E-state index contributed by atoms with van der Waals surface area (Å²) >= 11 is 0. The molecule has 100 valence electrons. The van der Waals surface area contributed by atoms with Gasteiger partial charge in [-0.1, -0.05) is 32.4 Å². The summed E-state index contributed by atoms with van der Waals surface area (Å²) in [4.78, 5) is 11.9. The molecule has 0 spiro atoms. The summed E-state index contributed by atoms with van der Waals surface area (Å²) < 4.78 is 16.9. The SMILES string of the molecule is CCC(C)CS(=O)CC(=O)c1cccc(OC)c1. The topological polar surface area (TPSA) is 43.4 Å². The number of carbonyl (C=O) groups is 1. The summed E-state index contributed by atoms with van der Waals surface area (Å²) in [5.41, 5.74) is 0.562. The first kappa shape index (κ1) is 14.9. The maximum atomic E-state index is 11.9. The quantitative estimate of drug-likeness (QED) is 0.714. The Hall–Kier alpha value is -1.16. The molecule has 0 fully saturated rings. The minimum absolute atomic E-state index is 0.0875. The zero-order valence-electron chi connectivity index (χ0n) is 11.1. The minimum atomic E-state index is -1.08. The molecule has 18 heavy (non-hydrogen) atoms. The van der Waals surface area contributed by atoms with E-state index >= 15 is 0 Å². The van der Waals surface area contributed by atoms with Gasteiger partial charge >= 0.3 is 0 Å². The second kappa shape index (κ2) is 7.31. The van der Waals surface area contributed by atoms with Crippen LogP contribution in [0.3, 0.4) is 0 Å². The summed E-state index contributed by atoms with van der Waals surface area (Å²) in [6.45, 7) is 4.11. The highest BCUT2D eigenvalue weighted by Crippen LogP contribution is 2.13. The maximum absolute atomic E-state index is 11.9. The molecular formula is C14H20O3S. The number of Topliss-reactive ketones (excluding diaryl/α,β-unsaturated/α-hetero) is 1. The fourth-order valence-corrected chi connectivity index (χ4v) is 2.97. The predicted molar refractivity (Wildman–Crippen MR) is 74.7 cm³/mol. The van der Waals surface area contributed by atoms with Gasteiger partial charge in [0.2, 0.25) is 0 Å². The van der Waals surface area contributed by atoms with E-state index in [-0.39, 0.29) is 11.5 Å². The van der Waals surface area contributed by atoms with E-state index in [4.69, 9.17) is 4.74 Å². The number of ether oxygens (including phenoxy) is 1. The maximum Gasteiger partial charge on any atom is 0.175 e. The molecule has 0 aliphatic rings. The standard InChI is InChI=1S/C14H20O3S/c1-4-11(2)9-18(16)10-14(15)12-6-5-7-13(8-12)17-3/h5-8,11H,4,9-10H2,1-3H3. The monoisotopic (exact) mass is 268 g/mol. The summed E-state index contributed by atoms with van der Waals surface area (Å²) in [6.07, 6.45) is 0.985. The molecule has 0 radical (unpaired) electrons. The van der Waals surface area contributed by atoms with E-state index in [0.717, 1.165) is 6.42 Å². The van der Waals surface area contributed by atoms with Crippen molar-refractivity contribution in [1.82, 2.24) is 0 Å². The van der Waals surface area contributed by atoms with E-state index in [9.17, 15) is 9.00 Å². The lowest BCUT2D eigenvalue weighted by Gasteiger charge is -2.08. The Balaban J connectivity index is 2.62. The molecule has 0 aromatic heterocycles. The van der Waals surface area contributed by atoms with Crippen LogP contribution >= 0.6 is 0 Å². The van der Waals surface area contributed by atoms with Gasteiger partial charge in [-0.15, -0.1) is 0 Å². The smallest absolute Gasteiger partial charge is 0.175 e. The Morgan fingerprint density at radius 3 is 2.78 bits per heavy atom. The van der Waals surface area contributed by atoms with Crippen LogP contribution in [0.25, 0.3) is 0 Å². The van der Waals surface area contributed by atoms with Gasteiger partial charge in [0.15, 0.2) is 5.78 Å². The van der Waals surface area contributed by atoms with Gasteiger partial charge in [-0.3, -0.25) is 9.00 Å². The Morgan fingerprint density at radius 2 is 2.17 bits per heavy atom. The van der Waals surface area contributed by atoms with Crippen LogP contribution in [-0.2, 0) is 10.8 Å². The van der Waals surface area contributed by atoms with Crippen molar-refractivity contribution < 1.29 is 13.7 Å². The van der Waals surface area contributed by atoms with Crippen molar-refractivity contribution in [3.8, 4) is 5.75 Å². The molecule has 0 bridgehead atoms. The predicted octanol–water partition coefficient (Wildman–Crippen LogP) is 2.67. The molecule has 3 nitrogen and oxygen atoms in total. The molecular weight excluding hydrogens is 248 g/mol. The van der Waals surface area contributed by atoms with Crippen LogP contribution < -0.4 is 4.74 Å². The van der Waals surface area contributed by atoms with Crippen molar-refractivity contribution in [2.24, 2.45) is 5.92 Å². The second-order valence-corrected chi connectivity index (χ2v) is 5.92. The molecule has 0 saturated carbocycles. The third-order valence-electron chi connectivity index (χ3n) is 2.85. The van der Waals surface area contributed by atoms with Gasteiger partial charge in [-0.25, -0.2) is 0 Å².